The zero-order valence-electron chi connectivity index (χ0n) is 10.9. The van der Waals surface area contributed by atoms with E-state index in [9.17, 15) is 0 Å². The Balaban J connectivity index is 2.78. The minimum Gasteiger partial charge on any atom is -0.271 e. The highest BCUT2D eigenvalue weighted by Gasteiger charge is 2.12. The predicted octanol–water partition coefficient (Wildman–Crippen LogP) is 3.24. The molecule has 0 aliphatic rings. The Morgan fingerprint density at radius 2 is 1.88 bits per heavy atom. The number of benzene rings is 1. The number of hydrogen-bond acceptors (Lipinski definition) is 2. The van der Waals surface area contributed by atoms with E-state index >= 15 is 0 Å². The van der Waals surface area contributed by atoms with Crippen LogP contribution in [0, 0.1) is 19.8 Å². The molecule has 0 spiro atoms. The van der Waals surface area contributed by atoms with Crippen LogP contribution in [0.3, 0.4) is 0 Å². The van der Waals surface area contributed by atoms with E-state index in [1.807, 2.05) is 0 Å². The Labute approximate surface area is 99.2 Å². The number of nitrogens with one attached hydrogen (secondary N) is 1. The Bertz CT molecular complexity index is 332. The number of nitrogens with two attached hydrogens (primary N) is 1. The normalized spacial score (nSPS) is 13.1. The van der Waals surface area contributed by atoms with E-state index in [1.54, 1.807) is 0 Å². The fourth-order valence-electron chi connectivity index (χ4n) is 2.05. The van der Waals surface area contributed by atoms with Crippen LogP contribution in [0.25, 0.3) is 0 Å². The summed E-state index contributed by atoms with van der Waals surface area (Å²) in [6.07, 6.45) is 2.29. The van der Waals surface area contributed by atoms with Gasteiger partial charge in [0.2, 0.25) is 0 Å². The van der Waals surface area contributed by atoms with Crippen molar-refractivity contribution in [3.8, 4) is 0 Å². The Kier molecular flexibility index (Phi) is 4.97. The van der Waals surface area contributed by atoms with Crippen molar-refractivity contribution >= 4 is 0 Å². The first-order chi connectivity index (χ1) is 7.54. The van der Waals surface area contributed by atoms with Crippen LogP contribution >= 0.6 is 0 Å². The highest BCUT2D eigenvalue weighted by molar-refractivity contribution is 5.32. The van der Waals surface area contributed by atoms with Gasteiger partial charge in [-0.15, -0.1) is 0 Å². The average molecular weight is 220 g/mol. The zero-order chi connectivity index (χ0) is 12.1. The van der Waals surface area contributed by atoms with Gasteiger partial charge in [0, 0.05) is 6.04 Å². The maximum absolute atomic E-state index is 5.65. The van der Waals surface area contributed by atoms with Crippen LogP contribution < -0.4 is 11.3 Å². The van der Waals surface area contributed by atoms with E-state index in [2.05, 4.69) is 51.3 Å². The van der Waals surface area contributed by atoms with Crippen LogP contribution in [0.15, 0.2) is 18.2 Å². The number of hydrogen-bond donors (Lipinski definition) is 2. The topological polar surface area (TPSA) is 38.0 Å². The molecule has 1 aromatic rings. The molecule has 90 valence electrons. The van der Waals surface area contributed by atoms with Crippen molar-refractivity contribution in [1.29, 1.82) is 0 Å². The van der Waals surface area contributed by atoms with Crippen LogP contribution in [-0.4, -0.2) is 0 Å². The highest BCUT2D eigenvalue weighted by Crippen LogP contribution is 2.23. The van der Waals surface area contributed by atoms with Gasteiger partial charge in [-0.3, -0.25) is 11.3 Å². The minimum absolute atomic E-state index is 0.281. The molecule has 0 fully saturated rings. The fourth-order valence-corrected chi connectivity index (χ4v) is 2.05. The average Bonchev–Trinajstić information content (AvgIpc) is 2.21. The molecule has 1 rings (SSSR count). The molecule has 0 saturated heterocycles. The lowest BCUT2D eigenvalue weighted by molar-refractivity contribution is 0.447. The van der Waals surface area contributed by atoms with E-state index in [-0.39, 0.29) is 6.04 Å². The Morgan fingerprint density at radius 1 is 1.19 bits per heavy atom. The van der Waals surface area contributed by atoms with Gasteiger partial charge in [0.15, 0.2) is 0 Å². The lowest BCUT2D eigenvalue weighted by Crippen LogP contribution is -2.28. The molecule has 1 atom stereocenters. The lowest BCUT2D eigenvalue weighted by Gasteiger charge is -2.19. The van der Waals surface area contributed by atoms with Crippen molar-refractivity contribution < 1.29 is 0 Å². The van der Waals surface area contributed by atoms with Crippen molar-refractivity contribution in [2.75, 3.05) is 0 Å². The second-order valence-corrected chi connectivity index (χ2v) is 5.05. The van der Waals surface area contributed by atoms with Crippen molar-refractivity contribution in [3.63, 3.8) is 0 Å². The van der Waals surface area contributed by atoms with E-state index in [4.69, 9.17) is 5.84 Å². The van der Waals surface area contributed by atoms with Crippen LogP contribution in [0.1, 0.15) is 49.4 Å². The molecule has 0 bridgehead atoms. The number of aryl methyl sites for hydroxylation is 2. The Morgan fingerprint density at radius 3 is 2.38 bits per heavy atom. The van der Waals surface area contributed by atoms with Gasteiger partial charge in [0.25, 0.3) is 0 Å². The maximum Gasteiger partial charge on any atom is 0.0462 e. The number of rotatable bonds is 5. The second-order valence-electron chi connectivity index (χ2n) is 5.05. The quantitative estimate of drug-likeness (QED) is 0.590. The third-order valence-electron chi connectivity index (χ3n) is 3.03. The molecule has 0 aromatic heterocycles. The first-order valence-electron chi connectivity index (χ1n) is 6.08. The summed E-state index contributed by atoms with van der Waals surface area (Å²) in [5.41, 5.74) is 6.89. The zero-order valence-corrected chi connectivity index (χ0v) is 10.9. The third kappa shape index (κ3) is 3.62. The molecule has 1 aromatic carbocycles. The van der Waals surface area contributed by atoms with Crippen LogP contribution in [0.2, 0.25) is 0 Å². The molecule has 0 heterocycles. The van der Waals surface area contributed by atoms with Crippen molar-refractivity contribution in [1.82, 2.24) is 5.43 Å². The summed E-state index contributed by atoms with van der Waals surface area (Å²) in [4.78, 5) is 0. The van der Waals surface area contributed by atoms with Gasteiger partial charge < -0.3 is 0 Å². The van der Waals surface area contributed by atoms with Crippen molar-refractivity contribution in [3.05, 3.63) is 34.9 Å². The van der Waals surface area contributed by atoms with Crippen molar-refractivity contribution in [2.45, 2.75) is 46.6 Å². The van der Waals surface area contributed by atoms with E-state index in [0.29, 0.717) is 0 Å². The molecular formula is C14H24N2. The maximum atomic E-state index is 5.65. The van der Waals surface area contributed by atoms with Gasteiger partial charge in [0.1, 0.15) is 0 Å². The predicted molar refractivity (Wildman–Crippen MR) is 70.1 cm³/mol. The van der Waals surface area contributed by atoms with Gasteiger partial charge in [-0.05, 0) is 43.7 Å². The summed E-state index contributed by atoms with van der Waals surface area (Å²) >= 11 is 0. The molecule has 0 saturated carbocycles. The largest absolute Gasteiger partial charge is 0.271 e. The van der Waals surface area contributed by atoms with Crippen LogP contribution in [0.4, 0.5) is 0 Å². The third-order valence-corrected chi connectivity index (χ3v) is 3.03. The summed E-state index contributed by atoms with van der Waals surface area (Å²) in [5.74, 6) is 6.37. The van der Waals surface area contributed by atoms with Gasteiger partial charge in [0.05, 0.1) is 0 Å². The molecule has 0 aliphatic carbocycles. The van der Waals surface area contributed by atoms with Crippen LogP contribution in [0.5, 0.6) is 0 Å². The first-order valence-corrected chi connectivity index (χ1v) is 6.08. The van der Waals surface area contributed by atoms with Crippen molar-refractivity contribution in [2.24, 2.45) is 11.8 Å². The highest BCUT2D eigenvalue weighted by atomic mass is 15.2. The molecule has 3 N–H and O–H groups in total. The lowest BCUT2D eigenvalue weighted by atomic mass is 9.94. The summed E-state index contributed by atoms with van der Waals surface area (Å²) < 4.78 is 0. The van der Waals surface area contributed by atoms with Gasteiger partial charge in [-0.25, -0.2) is 0 Å². The molecule has 16 heavy (non-hydrogen) atoms. The fraction of sp³-hybridized carbons (Fsp3) is 0.571. The summed E-state index contributed by atoms with van der Waals surface area (Å²) in [5, 5.41) is 0. The molecule has 2 heteroatoms. The van der Waals surface area contributed by atoms with E-state index < -0.39 is 0 Å². The Hall–Kier alpha value is -0.860. The summed E-state index contributed by atoms with van der Waals surface area (Å²) in [6, 6.07) is 6.84. The molecular weight excluding hydrogens is 196 g/mol. The van der Waals surface area contributed by atoms with Gasteiger partial charge >= 0.3 is 0 Å². The minimum atomic E-state index is 0.281. The molecule has 0 amide bonds. The standard InChI is InChI=1S/C14H24N2/c1-10(2)5-8-14(16-15)13-7-6-11(3)9-12(13)4/h6-7,9-10,14,16H,5,8,15H2,1-4H3. The molecule has 0 radical (unpaired) electrons. The molecule has 1 unspecified atom stereocenters. The van der Waals surface area contributed by atoms with E-state index in [1.165, 1.54) is 23.1 Å². The van der Waals surface area contributed by atoms with Gasteiger partial charge in [-0.2, -0.15) is 0 Å². The smallest absolute Gasteiger partial charge is 0.0462 e. The summed E-state index contributed by atoms with van der Waals surface area (Å²) in [6.45, 7) is 8.77. The van der Waals surface area contributed by atoms with Crippen LogP contribution in [-0.2, 0) is 0 Å². The second kappa shape index (κ2) is 6.02. The number of hydrazine groups is 1. The summed E-state index contributed by atoms with van der Waals surface area (Å²) in [7, 11) is 0. The molecule has 0 aliphatic heterocycles. The van der Waals surface area contributed by atoms with Gasteiger partial charge in [-0.1, -0.05) is 37.6 Å². The van der Waals surface area contributed by atoms with E-state index in [0.717, 1.165) is 12.3 Å². The SMILES string of the molecule is Cc1ccc(C(CCC(C)C)NN)c(C)c1. The molecule has 2 nitrogen and oxygen atoms in total. The first kappa shape index (κ1) is 13.2. The monoisotopic (exact) mass is 220 g/mol.